The van der Waals surface area contributed by atoms with E-state index in [-0.39, 0.29) is 0 Å². The third-order valence-electron chi connectivity index (χ3n) is 6.97. The fourth-order valence-corrected chi connectivity index (χ4v) is 5.11. The average molecular weight is 467 g/mol. The van der Waals surface area contributed by atoms with Crippen molar-refractivity contribution in [3.8, 4) is 39.3 Å². The normalized spacial score (nSPS) is 11.2. The van der Waals surface area contributed by atoms with Crippen LogP contribution in [0.3, 0.4) is 0 Å². The largest absolute Gasteiger partial charge is 0.296 e. The van der Waals surface area contributed by atoms with E-state index in [2.05, 4.69) is 138 Å². The Morgan fingerprint density at radius 3 is 2.11 bits per heavy atom. The lowest BCUT2D eigenvalue weighted by atomic mass is 9.97. The maximum atomic E-state index is 4.49. The second kappa shape index (κ2) is 8.94. The van der Waals surface area contributed by atoms with E-state index >= 15 is 0 Å². The Labute approximate surface area is 212 Å². The van der Waals surface area contributed by atoms with Gasteiger partial charge in [-0.2, -0.15) is 4.57 Å². The predicted molar refractivity (Wildman–Crippen MR) is 148 cm³/mol. The molecule has 2 heterocycles. The zero-order valence-electron chi connectivity index (χ0n) is 20.8. The van der Waals surface area contributed by atoms with Crippen LogP contribution >= 0.6 is 0 Å². The Kier molecular flexibility index (Phi) is 5.46. The van der Waals surface area contributed by atoms with E-state index in [1.807, 2.05) is 12.4 Å². The number of hydrogen-bond acceptors (Lipinski definition) is 1. The van der Waals surface area contributed by atoms with Gasteiger partial charge in [-0.25, -0.2) is 4.57 Å². The number of fused-ring (bicyclic) bond motifs is 1. The van der Waals surface area contributed by atoms with Crippen LogP contribution in [0.5, 0.6) is 0 Å². The van der Waals surface area contributed by atoms with E-state index in [0.29, 0.717) is 0 Å². The van der Waals surface area contributed by atoms with Crippen LogP contribution in [0, 0.1) is 13.8 Å². The second-order valence-electron chi connectivity index (χ2n) is 9.36. The zero-order chi connectivity index (χ0) is 24.6. The van der Waals surface area contributed by atoms with Crippen molar-refractivity contribution in [2.45, 2.75) is 13.8 Å². The van der Waals surface area contributed by atoms with Crippen molar-refractivity contribution < 1.29 is 4.57 Å². The molecule has 0 spiro atoms. The molecule has 0 fully saturated rings. The summed E-state index contributed by atoms with van der Waals surface area (Å²) in [5.74, 6) is 1.12. The molecule has 174 valence electrons. The summed E-state index contributed by atoms with van der Waals surface area (Å²) in [6.45, 7) is 4.31. The standard InChI is InChI=1S/C33H28N3/c1-23-14-16-31-32(20-23)36(33(35(31)3)29-22-34-19-18-24(29)2)30-17-15-27(25-10-6-4-7-11-25)21-28(30)26-12-8-5-9-13-26/h4-22H,1-3H3/q+1. The lowest BCUT2D eigenvalue weighted by Crippen LogP contribution is -2.30. The molecule has 0 aliphatic carbocycles. The van der Waals surface area contributed by atoms with Crippen molar-refractivity contribution in [3.05, 3.63) is 127 Å². The van der Waals surface area contributed by atoms with Crippen LogP contribution in [-0.2, 0) is 7.05 Å². The summed E-state index contributed by atoms with van der Waals surface area (Å²) in [5.41, 5.74) is 11.9. The van der Waals surface area contributed by atoms with Crippen molar-refractivity contribution in [2.75, 3.05) is 0 Å². The number of rotatable bonds is 4. The van der Waals surface area contributed by atoms with E-state index in [1.165, 1.54) is 44.4 Å². The molecule has 0 unspecified atom stereocenters. The first kappa shape index (κ1) is 22.0. The summed E-state index contributed by atoms with van der Waals surface area (Å²) in [5, 5.41) is 0. The second-order valence-corrected chi connectivity index (χ2v) is 9.36. The molecule has 36 heavy (non-hydrogen) atoms. The number of pyridine rings is 1. The quantitative estimate of drug-likeness (QED) is 0.247. The van der Waals surface area contributed by atoms with Gasteiger partial charge in [-0.05, 0) is 72.0 Å². The molecule has 3 nitrogen and oxygen atoms in total. The zero-order valence-corrected chi connectivity index (χ0v) is 20.8. The van der Waals surface area contributed by atoms with Gasteiger partial charge >= 0.3 is 0 Å². The first-order valence-electron chi connectivity index (χ1n) is 12.3. The fraction of sp³-hybridized carbons (Fsp3) is 0.0909. The van der Waals surface area contributed by atoms with Gasteiger partial charge in [0.25, 0.3) is 5.82 Å². The van der Waals surface area contributed by atoms with Crippen molar-refractivity contribution in [1.29, 1.82) is 0 Å². The molecule has 0 aliphatic heterocycles. The third-order valence-corrected chi connectivity index (χ3v) is 6.97. The van der Waals surface area contributed by atoms with Crippen LogP contribution in [0.4, 0.5) is 0 Å². The molecule has 0 atom stereocenters. The van der Waals surface area contributed by atoms with Crippen molar-refractivity contribution in [2.24, 2.45) is 7.05 Å². The summed E-state index contributed by atoms with van der Waals surface area (Å²) < 4.78 is 4.70. The highest BCUT2D eigenvalue weighted by molar-refractivity contribution is 5.86. The molecule has 0 aliphatic rings. The van der Waals surface area contributed by atoms with Gasteiger partial charge in [0.1, 0.15) is 5.69 Å². The third kappa shape index (κ3) is 3.70. The predicted octanol–water partition coefficient (Wildman–Crippen LogP) is 7.47. The van der Waals surface area contributed by atoms with Gasteiger partial charge in [-0.3, -0.25) is 4.98 Å². The molecule has 0 N–H and O–H groups in total. The lowest BCUT2D eigenvalue weighted by Gasteiger charge is -2.13. The van der Waals surface area contributed by atoms with Crippen molar-refractivity contribution in [1.82, 2.24) is 9.55 Å². The first-order valence-corrected chi connectivity index (χ1v) is 12.3. The smallest absolute Gasteiger partial charge is 0.264 e. The van der Waals surface area contributed by atoms with Crippen LogP contribution < -0.4 is 4.57 Å². The molecule has 0 bridgehead atoms. The van der Waals surface area contributed by atoms with E-state index in [1.54, 1.807) is 0 Å². The first-order chi connectivity index (χ1) is 17.6. The molecule has 3 heteroatoms. The Morgan fingerprint density at radius 2 is 1.39 bits per heavy atom. The Balaban J connectivity index is 1.72. The Hall–Kier alpha value is -4.50. The average Bonchev–Trinajstić information content (AvgIpc) is 3.20. The maximum Gasteiger partial charge on any atom is 0.296 e. The molecule has 0 amide bonds. The van der Waals surface area contributed by atoms with Gasteiger partial charge in [-0.15, -0.1) is 0 Å². The van der Waals surface area contributed by atoms with Crippen molar-refractivity contribution >= 4 is 11.0 Å². The number of nitrogens with zero attached hydrogens (tertiary/aromatic N) is 3. The lowest BCUT2D eigenvalue weighted by molar-refractivity contribution is -0.633. The summed E-state index contributed by atoms with van der Waals surface area (Å²) in [6, 6.07) is 36.9. The molecule has 6 aromatic rings. The van der Waals surface area contributed by atoms with Gasteiger partial charge in [-0.1, -0.05) is 72.8 Å². The molecule has 0 radical (unpaired) electrons. The minimum absolute atomic E-state index is 1.12. The van der Waals surface area contributed by atoms with Gasteiger partial charge in [0.05, 0.1) is 12.6 Å². The van der Waals surface area contributed by atoms with E-state index in [9.17, 15) is 0 Å². The van der Waals surface area contributed by atoms with Crippen LogP contribution in [0.15, 0.2) is 116 Å². The van der Waals surface area contributed by atoms with Gasteiger partial charge in [0.15, 0.2) is 11.0 Å². The number of imidazole rings is 1. The molecular formula is C33H28N3+. The maximum absolute atomic E-state index is 4.49. The van der Waals surface area contributed by atoms with E-state index in [0.717, 1.165) is 17.1 Å². The molecular weight excluding hydrogens is 438 g/mol. The minimum Gasteiger partial charge on any atom is -0.264 e. The number of aryl methyl sites for hydroxylation is 3. The summed E-state index contributed by atoms with van der Waals surface area (Å²) in [6.07, 6.45) is 3.84. The summed E-state index contributed by atoms with van der Waals surface area (Å²) in [7, 11) is 2.15. The number of hydrogen-bond donors (Lipinski definition) is 0. The monoisotopic (exact) mass is 466 g/mol. The highest BCUT2D eigenvalue weighted by atomic mass is 15.2. The summed E-state index contributed by atoms with van der Waals surface area (Å²) in [4.78, 5) is 4.49. The highest BCUT2D eigenvalue weighted by Gasteiger charge is 2.29. The van der Waals surface area contributed by atoms with Gasteiger partial charge in [0.2, 0.25) is 0 Å². The molecule has 4 aromatic carbocycles. The van der Waals surface area contributed by atoms with Crippen LogP contribution in [0.25, 0.3) is 50.4 Å². The van der Waals surface area contributed by atoms with Crippen LogP contribution in [0.1, 0.15) is 11.1 Å². The Morgan fingerprint density at radius 1 is 0.667 bits per heavy atom. The van der Waals surface area contributed by atoms with Gasteiger partial charge in [0, 0.05) is 18.0 Å². The molecule has 0 saturated heterocycles. The van der Waals surface area contributed by atoms with Crippen molar-refractivity contribution in [3.63, 3.8) is 0 Å². The van der Waals surface area contributed by atoms with Crippen LogP contribution in [-0.4, -0.2) is 9.55 Å². The van der Waals surface area contributed by atoms with Gasteiger partial charge < -0.3 is 0 Å². The molecule has 0 saturated carbocycles. The van der Waals surface area contributed by atoms with Crippen LogP contribution in [0.2, 0.25) is 0 Å². The SMILES string of the molecule is Cc1ccc2c(c1)n(-c1ccc(-c3ccccc3)cc1-c1ccccc1)c(-c1cnccc1C)[n+]2C. The Bertz CT molecular complexity index is 1700. The van der Waals surface area contributed by atoms with E-state index in [4.69, 9.17) is 0 Å². The number of benzene rings is 4. The molecule has 6 rings (SSSR count). The number of aromatic nitrogens is 3. The highest BCUT2D eigenvalue weighted by Crippen LogP contribution is 2.36. The van der Waals surface area contributed by atoms with E-state index < -0.39 is 0 Å². The summed E-state index contributed by atoms with van der Waals surface area (Å²) >= 11 is 0. The minimum atomic E-state index is 1.12. The topological polar surface area (TPSA) is 21.7 Å². The fourth-order valence-electron chi connectivity index (χ4n) is 5.11. The molecule has 2 aromatic heterocycles.